The summed E-state index contributed by atoms with van der Waals surface area (Å²) in [6.45, 7) is 5.64. The number of tetrazole rings is 1. The van der Waals surface area contributed by atoms with Gasteiger partial charge in [0.2, 0.25) is 5.91 Å². The number of aromatic nitrogens is 4. The number of nitrogens with zero attached hydrogens (tertiary/aromatic N) is 4. The largest absolute Gasteiger partial charge is 0.494 e. The van der Waals surface area contributed by atoms with Gasteiger partial charge in [0.05, 0.1) is 7.11 Å². The van der Waals surface area contributed by atoms with Crippen LogP contribution in [0.2, 0.25) is 5.02 Å². The Morgan fingerprint density at radius 1 is 1.19 bits per heavy atom. The van der Waals surface area contributed by atoms with Crippen LogP contribution in [-0.2, 0) is 4.79 Å². The van der Waals surface area contributed by atoms with E-state index in [1.165, 1.54) is 4.68 Å². The number of nitrogens with one attached hydrogen (secondary N) is 2. The maximum Gasteiger partial charge on any atom is 0.251 e. The van der Waals surface area contributed by atoms with Crippen LogP contribution in [0.5, 0.6) is 5.75 Å². The molecule has 2 aromatic carbocycles. The number of aryl methyl sites for hydroxylation is 1. The Balaban J connectivity index is 1.82. The zero-order chi connectivity index (χ0) is 23.3. The van der Waals surface area contributed by atoms with Crippen LogP contribution in [0.25, 0.3) is 5.69 Å². The first-order valence-electron chi connectivity index (χ1n) is 10.1. The van der Waals surface area contributed by atoms with Crippen molar-refractivity contribution in [2.24, 2.45) is 5.92 Å². The number of hydrogen-bond acceptors (Lipinski definition) is 6. The number of benzene rings is 2. The number of carbonyl (C=O) groups excluding carboxylic acids is 2. The molecule has 0 aliphatic carbocycles. The average molecular weight is 457 g/mol. The SMILES string of the molecule is CCC(C)C(NC(=O)c1ccc(Cl)cc1)C(=O)Nc1ccc(OC)c(-n2nnnc2C)c1. The molecule has 0 bridgehead atoms. The minimum atomic E-state index is -0.733. The molecule has 168 valence electrons. The van der Waals surface area contributed by atoms with Crippen LogP contribution in [0.4, 0.5) is 5.69 Å². The summed E-state index contributed by atoms with van der Waals surface area (Å²) in [6, 6.07) is 10.9. The van der Waals surface area contributed by atoms with Crippen molar-refractivity contribution >= 4 is 29.1 Å². The molecule has 0 aliphatic heterocycles. The fraction of sp³-hybridized carbons (Fsp3) is 0.318. The predicted molar refractivity (Wildman–Crippen MR) is 121 cm³/mol. The number of carbonyl (C=O) groups is 2. The molecule has 0 fully saturated rings. The van der Waals surface area contributed by atoms with E-state index in [9.17, 15) is 9.59 Å². The van der Waals surface area contributed by atoms with E-state index in [1.807, 2.05) is 13.8 Å². The van der Waals surface area contributed by atoms with E-state index in [0.29, 0.717) is 40.0 Å². The Morgan fingerprint density at radius 2 is 1.91 bits per heavy atom. The highest BCUT2D eigenvalue weighted by atomic mass is 35.5. The van der Waals surface area contributed by atoms with Gasteiger partial charge in [-0.2, -0.15) is 4.68 Å². The maximum absolute atomic E-state index is 13.1. The van der Waals surface area contributed by atoms with Crippen molar-refractivity contribution in [2.75, 3.05) is 12.4 Å². The number of hydrogen-bond donors (Lipinski definition) is 2. The zero-order valence-electron chi connectivity index (χ0n) is 18.3. The number of halogens is 1. The molecule has 9 nitrogen and oxygen atoms in total. The van der Waals surface area contributed by atoms with Gasteiger partial charge < -0.3 is 15.4 Å². The Bertz CT molecular complexity index is 1100. The van der Waals surface area contributed by atoms with Crippen molar-refractivity contribution in [3.8, 4) is 11.4 Å². The second-order valence-electron chi connectivity index (χ2n) is 7.36. The molecule has 2 unspecified atom stereocenters. The molecule has 1 heterocycles. The average Bonchev–Trinajstić information content (AvgIpc) is 3.22. The predicted octanol–water partition coefficient (Wildman–Crippen LogP) is 3.42. The molecule has 0 saturated heterocycles. The van der Waals surface area contributed by atoms with Crippen molar-refractivity contribution < 1.29 is 14.3 Å². The van der Waals surface area contributed by atoms with Gasteiger partial charge in [0.1, 0.15) is 17.5 Å². The van der Waals surface area contributed by atoms with E-state index < -0.39 is 6.04 Å². The summed E-state index contributed by atoms with van der Waals surface area (Å²) in [5.74, 6) is 0.353. The minimum absolute atomic E-state index is 0.0919. The fourth-order valence-corrected chi connectivity index (χ4v) is 3.26. The number of ether oxygens (including phenoxy) is 1. The van der Waals surface area contributed by atoms with Crippen molar-refractivity contribution in [3.63, 3.8) is 0 Å². The van der Waals surface area contributed by atoms with Crippen LogP contribution in [0.15, 0.2) is 42.5 Å². The Morgan fingerprint density at radius 3 is 2.50 bits per heavy atom. The molecule has 3 rings (SSSR count). The first-order chi connectivity index (χ1) is 15.3. The van der Waals surface area contributed by atoms with Gasteiger partial charge in [0, 0.05) is 16.3 Å². The lowest BCUT2D eigenvalue weighted by atomic mass is 9.97. The van der Waals surface area contributed by atoms with Crippen LogP contribution in [0.3, 0.4) is 0 Å². The highest BCUT2D eigenvalue weighted by Gasteiger charge is 2.27. The lowest BCUT2D eigenvalue weighted by Crippen LogP contribution is -2.47. The molecule has 1 aromatic heterocycles. The molecule has 3 aromatic rings. The van der Waals surface area contributed by atoms with Gasteiger partial charge >= 0.3 is 0 Å². The standard InChI is InChI=1S/C22H25ClN6O3/c1-5-13(2)20(25-21(30)15-6-8-16(23)9-7-15)22(31)24-17-10-11-19(32-4)18(12-17)29-14(3)26-27-28-29/h6-13,20H,5H2,1-4H3,(H,24,31)(H,25,30). The lowest BCUT2D eigenvalue weighted by molar-refractivity contribution is -0.119. The molecule has 2 N–H and O–H groups in total. The van der Waals surface area contributed by atoms with E-state index in [1.54, 1.807) is 56.5 Å². The number of amides is 2. The Labute approximate surface area is 191 Å². The summed E-state index contributed by atoms with van der Waals surface area (Å²) in [7, 11) is 1.54. The van der Waals surface area contributed by atoms with E-state index in [0.717, 1.165) is 0 Å². The molecule has 0 spiro atoms. The van der Waals surface area contributed by atoms with Gasteiger partial charge in [0.15, 0.2) is 5.82 Å². The maximum atomic E-state index is 13.1. The third kappa shape index (κ3) is 5.23. The molecule has 2 amide bonds. The molecule has 0 radical (unpaired) electrons. The number of methoxy groups -OCH3 is 1. The van der Waals surface area contributed by atoms with Gasteiger partial charge in [-0.05, 0) is 65.7 Å². The summed E-state index contributed by atoms with van der Waals surface area (Å²) >= 11 is 5.90. The highest BCUT2D eigenvalue weighted by Crippen LogP contribution is 2.26. The van der Waals surface area contributed by atoms with E-state index in [2.05, 4.69) is 26.2 Å². The monoisotopic (exact) mass is 456 g/mol. The molecule has 32 heavy (non-hydrogen) atoms. The van der Waals surface area contributed by atoms with Crippen molar-refractivity contribution in [3.05, 3.63) is 58.9 Å². The van der Waals surface area contributed by atoms with E-state index in [4.69, 9.17) is 16.3 Å². The quantitative estimate of drug-likeness (QED) is 0.537. The topological polar surface area (TPSA) is 111 Å². The molecular weight excluding hydrogens is 432 g/mol. The van der Waals surface area contributed by atoms with Crippen LogP contribution in [0, 0.1) is 12.8 Å². The third-order valence-corrected chi connectivity index (χ3v) is 5.44. The normalized spacial score (nSPS) is 12.7. The van der Waals surface area contributed by atoms with Gasteiger partial charge in [-0.25, -0.2) is 0 Å². The molecule has 2 atom stereocenters. The molecular formula is C22H25ClN6O3. The van der Waals surface area contributed by atoms with Crippen LogP contribution < -0.4 is 15.4 Å². The summed E-state index contributed by atoms with van der Waals surface area (Å²) in [6.07, 6.45) is 0.705. The lowest BCUT2D eigenvalue weighted by Gasteiger charge is -2.24. The van der Waals surface area contributed by atoms with Crippen LogP contribution >= 0.6 is 11.6 Å². The van der Waals surface area contributed by atoms with Gasteiger partial charge in [-0.3, -0.25) is 9.59 Å². The van der Waals surface area contributed by atoms with Crippen molar-refractivity contribution in [2.45, 2.75) is 33.2 Å². The van der Waals surface area contributed by atoms with Crippen molar-refractivity contribution in [1.29, 1.82) is 0 Å². The molecule has 0 saturated carbocycles. The summed E-state index contributed by atoms with van der Waals surface area (Å²) in [5, 5.41) is 17.8. The zero-order valence-corrected chi connectivity index (χ0v) is 19.1. The summed E-state index contributed by atoms with van der Waals surface area (Å²) < 4.78 is 6.92. The fourth-order valence-electron chi connectivity index (χ4n) is 3.14. The molecule has 10 heteroatoms. The van der Waals surface area contributed by atoms with E-state index >= 15 is 0 Å². The first kappa shape index (κ1) is 23.2. The van der Waals surface area contributed by atoms with Crippen molar-refractivity contribution in [1.82, 2.24) is 25.5 Å². The number of rotatable bonds is 8. The van der Waals surface area contributed by atoms with E-state index in [-0.39, 0.29) is 17.7 Å². The van der Waals surface area contributed by atoms with Gasteiger partial charge in [-0.15, -0.1) is 5.10 Å². The highest BCUT2D eigenvalue weighted by molar-refractivity contribution is 6.30. The first-order valence-corrected chi connectivity index (χ1v) is 10.5. The van der Waals surface area contributed by atoms with Gasteiger partial charge in [-0.1, -0.05) is 31.9 Å². The minimum Gasteiger partial charge on any atom is -0.494 e. The van der Waals surface area contributed by atoms with Crippen LogP contribution in [-0.4, -0.2) is 45.2 Å². The summed E-state index contributed by atoms with van der Waals surface area (Å²) in [4.78, 5) is 25.8. The Kier molecular flexibility index (Phi) is 7.42. The summed E-state index contributed by atoms with van der Waals surface area (Å²) in [5.41, 5.74) is 1.53. The second-order valence-corrected chi connectivity index (χ2v) is 7.79. The van der Waals surface area contributed by atoms with Crippen LogP contribution in [0.1, 0.15) is 36.5 Å². The smallest absolute Gasteiger partial charge is 0.251 e. The Hall–Kier alpha value is -3.46. The second kappa shape index (κ2) is 10.2. The molecule has 0 aliphatic rings. The number of anilines is 1. The third-order valence-electron chi connectivity index (χ3n) is 5.19. The van der Waals surface area contributed by atoms with Gasteiger partial charge in [0.25, 0.3) is 5.91 Å².